The fourth-order valence-electron chi connectivity index (χ4n) is 1.93. The van der Waals surface area contributed by atoms with Crippen LogP contribution in [0.2, 0.25) is 0 Å². The quantitative estimate of drug-likeness (QED) is 0.742. The van der Waals surface area contributed by atoms with E-state index < -0.39 is 10.0 Å². The van der Waals surface area contributed by atoms with Crippen molar-refractivity contribution in [1.82, 2.24) is 5.32 Å². The van der Waals surface area contributed by atoms with E-state index in [1.165, 1.54) is 24.0 Å². The topological polar surface area (TPSA) is 72.2 Å². The summed E-state index contributed by atoms with van der Waals surface area (Å²) in [6.07, 6.45) is 2.54. The Kier molecular flexibility index (Phi) is 3.81. The highest BCUT2D eigenvalue weighted by atomic mass is 32.2. The van der Waals surface area contributed by atoms with Gasteiger partial charge in [-0.25, -0.2) is 13.6 Å². The maximum atomic E-state index is 10.8. The highest BCUT2D eigenvalue weighted by Crippen LogP contribution is 2.41. The fraction of sp³-hybridized carbons (Fsp3) is 0.500. The van der Waals surface area contributed by atoms with Crippen LogP contribution in [0, 0.1) is 0 Å². The SMILES string of the molecule is NS(=O)(=O)CCNCc1ccccc1C1CC1. The van der Waals surface area contributed by atoms with Crippen molar-refractivity contribution >= 4 is 10.0 Å². The van der Waals surface area contributed by atoms with Gasteiger partial charge in [0, 0.05) is 13.1 Å². The molecule has 17 heavy (non-hydrogen) atoms. The van der Waals surface area contributed by atoms with E-state index in [1.54, 1.807) is 0 Å². The van der Waals surface area contributed by atoms with E-state index in [1.807, 2.05) is 6.07 Å². The van der Waals surface area contributed by atoms with Gasteiger partial charge in [-0.2, -0.15) is 0 Å². The molecule has 0 saturated heterocycles. The number of rotatable bonds is 6. The minimum Gasteiger partial charge on any atom is -0.312 e. The molecule has 0 heterocycles. The van der Waals surface area contributed by atoms with Crippen molar-refractivity contribution in [2.24, 2.45) is 5.14 Å². The lowest BCUT2D eigenvalue weighted by molar-refractivity contribution is 0.592. The molecule has 5 heteroatoms. The van der Waals surface area contributed by atoms with Crippen LogP contribution in [0.3, 0.4) is 0 Å². The van der Waals surface area contributed by atoms with E-state index in [0.29, 0.717) is 19.0 Å². The van der Waals surface area contributed by atoms with Crippen LogP contribution < -0.4 is 10.5 Å². The van der Waals surface area contributed by atoms with Crippen molar-refractivity contribution in [1.29, 1.82) is 0 Å². The third-order valence-corrected chi connectivity index (χ3v) is 3.72. The number of benzene rings is 1. The van der Waals surface area contributed by atoms with Gasteiger partial charge < -0.3 is 5.32 Å². The van der Waals surface area contributed by atoms with Gasteiger partial charge in [0.25, 0.3) is 0 Å². The maximum absolute atomic E-state index is 10.8. The van der Waals surface area contributed by atoms with Gasteiger partial charge in [0.1, 0.15) is 0 Å². The predicted molar refractivity (Wildman–Crippen MR) is 68.1 cm³/mol. The average molecular weight is 254 g/mol. The van der Waals surface area contributed by atoms with Crippen molar-refractivity contribution in [2.45, 2.75) is 25.3 Å². The van der Waals surface area contributed by atoms with Crippen LogP contribution in [0.4, 0.5) is 0 Å². The summed E-state index contributed by atoms with van der Waals surface area (Å²) in [5.41, 5.74) is 2.67. The van der Waals surface area contributed by atoms with E-state index in [9.17, 15) is 8.42 Å². The lowest BCUT2D eigenvalue weighted by atomic mass is 10.0. The van der Waals surface area contributed by atoms with Crippen LogP contribution in [0.1, 0.15) is 29.9 Å². The molecule has 1 aromatic carbocycles. The third-order valence-electron chi connectivity index (χ3n) is 2.95. The molecule has 0 bridgehead atoms. The smallest absolute Gasteiger partial charge is 0.210 e. The van der Waals surface area contributed by atoms with Crippen LogP contribution in [-0.2, 0) is 16.6 Å². The summed E-state index contributed by atoms with van der Waals surface area (Å²) in [4.78, 5) is 0. The van der Waals surface area contributed by atoms with Gasteiger partial charge >= 0.3 is 0 Å². The number of hydrogen-bond acceptors (Lipinski definition) is 3. The van der Waals surface area contributed by atoms with Crippen molar-refractivity contribution in [3.63, 3.8) is 0 Å². The molecule has 94 valence electrons. The van der Waals surface area contributed by atoms with Gasteiger partial charge in [0.05, 0.1) is 5.75 Å². The Morgan fingerprint density at radius 2 is 2.00 bits per heavy atom. The molecule has 2 rings (SSSR count). The zero-order valence-corrected chi connectivity index (χ0v) is 10.5. The Balaban J connectivity index is 1.86. The summed E-state index contributed by atoms with van der Waals surface area (Å²) in [5, 5.41) is 8.06. The molecule has 0 aliphatic heterocycles. The number of nitrogens with two attached hydrogens (primary N) is 1. The van der Waals surface area contributed by atoms with Crippen LogP contribution in [0.15, 0.2) is 24.3 Å². The van der Waals surface area contributed by atoms with Crippen molar-refractivity contribution < 1.29 is 8.42 Å². The minimum atomic E-state index is -3.36. The van der Waals surface area contributed by atoms with E-state index in [-0.39, 0.29) is 5.75 Å². The first-order valence-electron chi connectivity index (χ1n) is 5.85. The van der Waals surface area contributed by atoms with E-state index >= 15 is 0 Å². The molecule has 4 nitrogen and oxygen atoms in total. The Morgan fingerprint density at radius 1 is 1.29 bits per heavy atom. The second-order valence-corrected chi connectivity index (χ2v) is 6.25. The zero-order chi connectivity index (χ0) is 12.3. The highest BCUT2D eigenvalue weighted by Gasteiger charge is 2.25. The molecule has 0 unspecified atom stereocenters. The molecule has 0 radical (unpaired) electrons. The zero-order valence-electron chi connectivity index (χ0n) is 9.72. The Bertz CT molecular complexity index is 481. The molecule has 1 aliphatic carbocycles. The molecule has 1 saturated carbocycles. The largest absolute Gasteiger partial charge is 0.312 e. The Morgan fingerprint density at radius 3 is 2.65 bits per heavy atom. The van der Waals surface area contributed by atoms with E-state index in [4.69, 9.17) is 5.14 Å². The number of nitrogens with one attached hydrogen (secondary N) is 1. The van der Waals surface area contributed by atoms with E-state index in [0.717, 1.165) is 0 Å². The molecule has 0 atom stereocenters. The summed E-state index contributed by atoms with van der Waals surface area (Å²) >= 11 is 0. The third kappa shape index (κ3) is 4.11. The first-order chi connectivity index (χ1) is 8.06. The van der Waals surface area contributed by atoms with Gasteiger partial charge in [-0.05, 0) is 29.9 Å². The second-order valence-electron chi connectivity index (χ2n) is 4.52. The number of sulfonamides is 1. The molecule has 1 aliphatic rings. The molecule has 3 N–H and O–H groups in total. The van der Waals surface area contributed by atoms with Gasteiger partial charge in [-0.1, -0.05) is 24.3 Å². The summed E-state index contributed by atoms with van der Waals surface area (Å²) in [7, 11) is -3.36. The molecule has 1 aromatic rings. The van der Waals surface area contributed by atoms with Crippen LogP contribution in [0.25, 0.3) is 0 Å². The van der Waals surface area contributed by atoms with Crippen molar-refractivity contribution in [3.8, 4) is 0 Å². The van der Waals surface area contributed by atoms with Gasteiger partial charge in [-0.15, -0.1) is 0 Å². The van der Waals surface area contributed by atoms with Gasteiger partial charge in [-0.3, -0.25) is 0 Å². The summed E-state index contributed by atoms with van der Waals surface area (Å²) in [6, 6.07) is 8.33. The fourth-order valence-corrected chi connectivity index (χ4v) is 2.35. The second kappa shape index (κ2) is 5.16. The summed E-state index contributed by atoms with van der Waals surface area (Å²) in [5.74, 6) is 0.699. The number of primary sulfonamides is 1. The Hall–Kier alpha value is -0.910. The van der Waals surface area contributed by atoms with Crippen molar-refractivity contribution in [2.75, 3.05) is 12.3 Å². The normalized spacial score (nSPS) is 16.1. The molecule has 0 aromatic heterocycles. The van der Waals surface area contributed by atoms with Crippen LogP contribution >= 0.6 is 0 Å². The minimum absolute atomic E-state index is 0.0153. The van der Waals surface area contributed by atoms with Gasteiger partial charge in [0.15, 0.2) is 0 Å². The monoisotopic (exact) mass is 254 g/mol. The lowest BCUT2D eigenvalue weighted by Crippen LogP contribution is -2.27. The highest BCUT2D eigenvalue weighted by molar-refractivity contribution is 7.89. The summed E-state index contributed by atoms with van der Waals surface area (Å²) in [6.45, 7) is 1.11. The molecular weight excluding hydrogens is 236 g/mol. The standard InChI is InChI=1S/C12H18N2O2S/c13-17(15,16)8-7-14-9-11-3-1-2-4-12(11)10-5-6-10/h1-4,10,14H,5-9H2,(H2,13,15,16). The maximum Gasteiger partial charge on any atom is 0.210 e. The Labute approximate surface area is 102 Å². The molecule has 0 spiro atoms. The van der Waals surface area contributed by atoms with E-state index in [2.05, 4.69) is 23.5 Å². The molecule has 0 amide bonds. The first-order valence-corrected chi connectivity index (χ1v) is 7.57. The predicted octanol–water partition coefficient (Wildman–Crippen LogP) is 0.942. The first kappa shape index (κ1) is 12.5. The number of hydrogen-bond donors (Lipinski definition) is 2. The summed E-state index contributed by atoms with van der Waals surface area (Å²) < 4.78 is 21.5. The van der Waals surface area contributed by atoms with Crippen LogP contribution in [-0.4, -0.2) is 20.7 Å². The molecular formula is C12H18N2O2S. The molecule has 1 fully saturated rings. The van der Waals surface area contributed by atoms with Crippen molar-refractivity contribution in [3.05, 3.63) is 35.4 Å². The van der Waals surface area contributed by atoms with Gasteiger partial charge in [0.2, 0.25) is 10.0 Å². The van der Waals surface area contributed by atoms with Crippen LogP contribution in [0.5, 0.6) is 0 Å². The lowest BCUT2D eigenvalue weighted by Gasteiger charge is -2.09. The average Bonchev–Trinajstić information content (AvgIpc) is 3.07.